The van der Waals surface area contributed by atoms with Gasteiger partial charge in [0.1, 0.15) is 0 Å². The molecule has 0 aliphatic heterocycles. The average Bonchev–Trinajstić information content (AvgIpc) is 3.53. The quantitative estimate of drug-likeness (QED) is 0.210. The predicted molar refractivity (Wildman–Crippen MR) is 175 cm³/mol. The van der Waals surface area contributed by atoms with E-state index in [-0.39, 0.29) is 5.92 Å². The van der Waals surface area contributed by atoms with E-state index in [9.17, 15) is 0 Å². The molecule has 5 aromatic rings. The number of allylic oxidation sites excluding steroid dienone is 1. The first-order chi connectivity index (χ1) is 20.1. The molecule has 0 heterocycles. The molecule has 1 unspecified atom stereocenters. The lowest BCUT2D eigenvalue weighted by Gasteiger charge is -2.23. The Hall–Kier alpha value is -4.42. The highest BCUT2D eigenvalue weighted by molar-refractivity contribution is 5.88. The van der Waals surface area contributed by atoms with E-state index < -0.39 is 0 Å². The van der Waals surface area contributed by atoms with E-state index >= 15 is 0 Å². The molecular formula is C41H36. The van der Waals surface area contributed by atoms with Crippen molar-refractivity contribution in [2.24, 2.45) is 0 Å². The zero-order valence-corrected chi connectivity index (χ0v) is 24.5. The van der Waals surface area contributed by atoms with E-state index in [2.05, 4.69) is 143 Å². The van der Waals surface area contributed by atoms with Crippen molar-refractivity contribution < 1.29 is 0 Å². The number of hydrogen-bond acceptors (Lipinski definition) is 0. The molecule has 0 bridgehead atoms. The van der Waals surface area contributed by atoms with Crippen LogP contribution < -0.4 is 10.4 Å². The minimum Gasteiger partial charge on any atom is -0.0622 e. The number of rotatable bonds is 5. The fourth-order valence-electron chi connectivity index (χ4n) is 7.15. The van der Waals surface area contributed by atoms with Crippen molar-refractivity contribution in [3.63, 3.8) is 0 Å². The molecule has 0 aromatic heterocycles. The van der Waals surface area contributed by atoms with Gasteiger partial charge in [-0.05, 0) is 110 Å². The third-order valence-electron chi connectivity index (χ3n) is 9.06. The molecule has 5 aromatic carbocycles. The van der Waals surface area contributed by atoms with Crippen molar-refractivity contribution in [2.75, 3.05) is 0 Å². The molecule has 0 saturated carbocycles. The summed E-state index contributed by atoms with van der Waals surface area (Å²) in [7, 11) is 0. The SMILES string of the molecule is CCc1ccc2c(c1)C=c1c-2cc(=C(c2ccccc2)c2ccccc2)c(CC)c1C1C(C)=Cc2cc(C)ccc21. The Labute approximate surface area is 244 Å². The molecule has 200 valence electrons. The maximum atomic E-state index is 2.50. The van der Waals surface area contributed by atoms with Crippen molar-refractivity contribution >= 4 is 17.7 Å². The lowest BCUT2D eigenvalue weighted by Crippen LogP contribution is -2.27. The van der Waals surface area contributed by atoms with Crippen LogP contribution in [-0.4, -0.2) is 0 Å². The van der Waals surface area contributed by atoms with Crippen molar-refractivity contribution in [1.82, 2.24) is 0 Å². The minimum atomic E-state index is 0.248. The zero-order chi connectivity index (χ0) is 28.1. The highest BCUT2D eigenvalue weighted by Crippen LogP contribution is 2.42. The molecule has 0 nitrogen and oxygen atoms in total. The smallest absolute Gasteiger partial charge is 0.0314 e. The van der Waals surface area contributed by atoms with Crippen molar-refractivity contribution in [3.8, 4) is 11.1 Å². The maximum Gasteiger partial charge on any atom is 0.0314 e. The molecule has 2 aliphatic rings. The maximum absolute atomic E-state index is 2.50. The first-order valence-electron chi connectivity index (χ1n) is 15.0. The third kappa shape index (κ3) is 4.21. The second-order valence-corrected chi connectivity index (χ2v) is 11.6. The molecule has 0 fully saturated rings. The summed E-state index contributed by atoms with van der Waals surface area (Å²) >= 11 is 0. The normalized spacial score (nSPS) is 14.6. The van der Waals surface area contributed by atoms with Gasteiger partial charge in [-0.25, -0.2) is 0 Å². The summed E-state index contributed by atoms with van der Waals surface area (Å²) in [6.07, 6.45) is 6.91. The summed E-state index contributed by atoms with van der Waals surface area (Å²) in [5.74, 6) is 0.248. The Morgan fingerprint density at radius 3 is 2.00 bits per heavy atom. The van der Waals surface area contributed by atoms with Gasteiger partial charge in [0.25, 0.3) is 0 Å². The van der Waals surface area contributed by atoms with Gasteiger partial charge in [0.05, 0.1) is 0 Å². The van der Waals surface area contributed by atoms with E-state index in [4.69, 9.17) is 0 Å². The molecule has 0 spiro atoms. The molecule has 0 N–H and O–H groups in total. The number of benzene rings is 5. The van der Waals surface area contributed by atoms with Crippen LogP contribution in [0.5, 0.6) is 0 Å². The van der Waals surface area contributed by atoms with Gasteiger partial charge in [-0.15, -0.1) is 0 Å². The van der Waals surface area contributed by atoms with Crippen LogP contribution in [0.1, 0.15) is 76.8 Å². The van der Waals surface area contributed by atoms with Crippen LogP contribution in [0.25, 0.3) is 28.9 Å². The van der Waals surface area contributed by atoms with Gasteiger partial charge in [0, 0.05) is 5.92 Å². The fourth-order valence-corrected chi connectivity index (χ4v) is 7.15. The largest absolute Gasteiger partial charge is 0.0622 e. The molecule has 1 atom stereocenters. The number of aryl methyl sites for hydroxylation is 2. The van der Waals surface area contributed by atoms with E-state index in [0.29, 0.717) is 0 Å². The Morgan fingerprint density at radius 1 is 0.634 bits per heavy atom. The molecule has 2 aliphatic carbocycles. The van der Waals surface area contributed by atoms with Gasteiger partial charge in [-0.1, -0.05) is 128 Å². The lowest BCUT2D eigenvalue weighted by molar-refractivity contribution is 0.922. The van der Waals surface area contributed by atoms with Gasteiger partial charge in [-0.2, -0.15) is 0 Å². The highest BCUT2D eigenvalue weighted by atomic mass is 14.3. The zero-order valence-electron chi connectivity index (χ0n) is 24.5. The number of hydrogen-bond donors (Lipinski definition) is 0. The van der Waals surface area contributed by atoms with Crippen molar-refractivity contribution in [2.45, 2.75) is 46.5 Å². The van der Waals surface area contributed by atoms with Crippen LogP contribution >= 0.6 is 0 Å². The molecule has 7 rings (SSSR count). The molecule has 0 radical (unpaired) electrons. The van der Waals surface area contributed by atoms with Crippen LogP contribution in [0.15, 0.2) is 109 Å². The first kappa shape index (κ1) is 25.5. The Bertz CT molecular complexity index is 1910. The standard InChI is InChI=1S/C41H36/c1-5-28-18-20-34-32(23-28)24-37-36(34)25-38(40(29-13-9-7-10-14-29)30-15-11-8-12-16-30)33(6-2)41(37)39-27(4)22-31-21-26(3)17-19-35(31)39/h7-25,39H,5-6H2,1-4H3. The van der Waals surface area contributed by atoms with Gasteiger partial charge < -0.3 is 0 Å². The van der Waals surface area contributed by atoms with Crippen LogP contribution in [0.3, 0.4) is 0 Å². The van der Waals surface area contributed by atoms with E-state index in [0.717, 1.165) is 12.8 Å². The van der Waals surface area contributed by atoms with Crippen LogP contribution in [0.2, 0.25) is 0 Å². The second-order valence-electron chi connectivity index (χ2n) is 11.6. The first-order valence-corrected chi connectivity index (χ1v) is 15.0. The Balaban J connectivity index is 1.66. The molecule has 0 saturated heterocycles. The molecular weight excluding hydrogens is 492 g/mol. The predicted octanol–water partition coefficient (Wildman–Crippen LogP) is 8.73. The highest BCUT2D eigenvalue weighted by Gasteiger charge is 2.30. The van der Waals surface area contributed by atoms with E-state index in [1.807, 2.05) is 0 Å². The van der Waals surface area contributed by atoms with Gasteiger partial charge in [-0.3, -0.25) is 0 Å². The minimum absolute atomic E-state index is 0.248. The molecule has 0 heteroatoms. The number of fused-ring (bicyclic) bond motifs is 4. The Kier molecular flexibility index (Phi) is 6.36. The summed E-state index contributed by atoms with van der Waals surface area (Å²) in [6.45, 7) is 9.11. The summed E-state index contributed by atoms with van der Waals surface area (Å²) in [5, 5.41) is 2.76. The summed E-state index contributed by atoms with van der Waals surface area (Å²) < 4.78 is 0. The topological polar surface area (TPSA) is 0 Å². The van der Waals surface area contributed by atoms with Gasteiger partial charge >= 0.3 is 0 Å². The third-order valence-corrected chi connectivity index (χ3v) is 9.06. The summed E-state index contributed by atoms with van der Waals surface area (Å²) in [6, 6.07) is 38.5. The molecule has 0 amide bonds. The fraction of sp³-hybridized carbons (Fsp3) is 0.171. The van der Waals surface area contributed by atoms with Crippen molar-refractivity contribution in [3.05, 3.63) is 169 Å². The van der Waals surface area contributed by atoms with Gasteiger partial charge in [0.15, 0.2) is 0 Å². The summed E-state index contributed by atoms with van der Waals surface area (Å²) in [4.78, 5) is 0. The van der Waals surface area contributed by atoms with Gasteiger partial charge in [0.2, 0.25) is 0 Å². The van der Waals surface area contributed by atoms with Crippen LogP contribution in [0, 0.1) is 6.92 Å². The monoisotopic (exact) mass is 528 g/mol. The van der Waals surface area contributed by atoms with E-state index in [1.54, 1.807) is 0 Å². The second kappa shape index (κ2) is 10.2. The van der Waals surface area contributed by atoms with E-state index in [1.165, 1.54) is 82.8 Å². The average molecular weight is 529 g/mol. The van der Waals surface area contributed by atoms with Crippen LogP contribution in [-0.2, 0) is 12.8 Å². The van der Waals surface area contributed by atoms with Crippen LogP contribution in [0.4, 0.5) is 0 Å². The summed E-state index contributed by atoms with van der Waals surface area (Å²) in [5.41, 5.74) is 17.8. The lowest BCUT2D eigenvalue weighted by atomic mass is 9.80. The van der Waals surface area contributed by atoms with Crippen molar-refractivity contribution in [1.29, 1.82) is 0 Å². The molecule has 41 heavy (non-hydrogen) atoms. The Morgan fingerprint density at radius 2 is 1.34 bits per heavy atom.